The van der Waals surface area contributed by atoms with Crippen molar-refractivity contribution in [3.05, 3.63) is 52.8 Å². The van der Waals surface area contributed by atoms with Crippen LogP contribution in [-0.4, -0.2) is 57.8 Å². The molecule has 29 heavy (non-hydrogen) atoms. The highest BCUT2D eigenvalue weighted by molar-refractivity contribution is 7.08. The Hall–Kier alpha value is -3.74. The fraction of sp³-hybridized carbons (Fsp3) is 0.188. The van der Waals surface area contributed by atoms with E-state index in [0.29, 0.717) is 18.2 Å². The van der Waals surface area contributed by atoms with Crippen LogP contribution in [0.25, 0.3) is 16.2 Å². The third-order valence-electron chi connectivity index (χ3n) is 4.67. The molecular formula is C16H11FN8O3S. The van der Waals surface area contributed by atoms with E-state index in [-0.39, 0.29) is 22.9 Å². The predicted octanol–water partition coefficient (Wildman–Crippen LogP) is 0.727. The van der Waals surface area contributed by atoms with Crippen molar-refractivity contribution < 1.29 is 14.3 Å². The molecule has 5 heterocycles. The zero-order valence-corrected chi connectivity index (χ0v) is 15.3. The lowest BCUT2D eigenvalue weighted by atomic mass is 10.1. The highest BCUT2D eigenvalue weighted by Crippen LogP contribution is 2.30. The molecule has 1 N–H and O–H groups in total. The number of aromatic carboxylic acids is 1. The molecular weight excluding hydrogens is 403 g/mol. The molecule has 1 aliphatic rings. The van der Waals surface area contributed by atoms with Crippen LogP contribution in [0.15, 0.2) is 36.0 Å². The number of hydrogen-bond acceptors (Lipinski definition) is 9. The minimum atomic E-state index is -1.42. The second-order valence-electron chi connectivity index (χ2n) is 6.37. The number of fused-ring (bicyclic) bond motifs is 1. The van der Waals surface area contributed by atoms with Gasteiger partial charge in [-0.15, -0.1) is 0 Å². The molecule has 1 fully saturated rings. The van der Waals surface area contributed by atoms with Crippen LogP contribution >= 0.6 is 11.5 Å². The van der Waals surface area contributed by atoms with E-state index in [4.69, 9.17) is 0 Å². The van der Waals surface area contributed by atoms with Crippen LogP contribution in [0.2, 0.25) is 0 Å². The molecule has 0 aliphatic carbocycles. The van der Waals surface area contributed by atoms with Crippen LogP contribution in [0.5, 0.6) is 0 Å². The van der Waals surface area contributed by atoms with E-state index in [9.17, 15) is 19.1 Å². The third kappa shape index (κ3) is 2.74. The average Bonchev–Trinajstić information content (AvgIpc) is 3.35. The summed E-state index contributed by atoms with van der Waals surface area (Å²) in [7, 11) is 0. The van der Waals surface area contributed by atoms with Gasteiger partial charge < -0.3 is 10.0 Å². The van der Waals surface area contributed by atoms with E-state index in [1.165, 1.54) is 17.2 Å². The number of halogens is 1. The Morgan fingerprint density at radius 1 is 1.31 bits per heavy atom. The van der Waals surface area contributed by atoms with Gasteiger partial charge in [-0.25, -0.2) is 28.8 Å². The smallest absolute Gasteiger partial charge is 0.341 e. The van der Waals surface area contributed by atoms with E-state index < -0.39 is 22.8 Å². The van der Waals surface area contributed by atoms with Gasteiger partial charge in [0.2, 0.25) is 10.6 Å². The normalized spacial score (nSPS) is 14.3. The molecule has 4 aromatic heterocycles. The zero-order chi connectivity index (χ0) is 20.1. The SMILES string of the molecule is O=C(O)c1cn(-c2ncns2)c2nc(N3CC(n4cncn4)C3)c(F)cc2c1=O. The minimum absolute atomic E-state index is 0.0362. The molecule has 1 saturated heterocycles. The summed E-state index contributed by atoms with van der Waals surface area (Å²) < 4.78 is 21.7. The maximum Gasteiger partial charge on any atom is 0.341 e. The van der Waals surface area contributed by atoms with Crippen molar-refractivity contribution in [2.75, 3.05) is 18.0 Å². The van der Waals surface area contributed by atoms with E-state index in [1.54, 1.807) is 15.9 Å². The van der Waals surface area contributed by atoms with Gasteiger partial charge in [0.15, 0.2) is 17.3 Å². The van der Waals surface area contributed by atoms with Crippen LogP contribution in [-0.2, 0) is 0 Å². The highest BCUT2D eigenvalue weighted by atomic mass is 32.1. The predicted molar refractivity (Wildman–Crippen MR) is 99.0 cm³/mol. The monoisotopic (exact) mass is 414 g/mol. The standard InChI is InChI=1S/C16H11FN8O3S/c17-11-1-9-12(26)10(15(27)28)4-24(16-19-6-21-29-16)13(9)22-14(11)23-2-8(3-23)25-7-18-5-20-25/h1,4-8H,2-3H2,(H,27,28). The minimum Gasteiger partial charge on any atom is -0.477 e. The van der Waals surface area contributed by atoms with Crippen molar-refractivity contribution in [2.24, 2.45) is 0 Å². The second kappa shape index (κ2) is 6.41. The lowest BCUT2D eigenvalue weighted by molar-refractivity contribution is 0.0695. The molecule has 0 atom stereocenters. The van der Waals surface area contributed by atoms with Crippen molar-refractivity contribution in [3.8, 4) is 5.13 Å². The summed E-state index contributed by atoms with van der Waals surface area (Å²) >= 11 is 0.995. The van der Waals surface area contributed by atoms with E-state index in [0.717, 1.165) is 23.8 Å². The van der Waals surface area contributed by atoms with Crippen molar-refractivity contribution in [1.29, 1.82) is 0 Å². The summed E-state index contributed by atoms with van der Waals surface area (Å²) in [6.07, 6.45) is 5.45. The Labute approximate surface area is 164 Å². The number of carboxylic acids is 1. The summed E-state index contributed by atoms with van der Waals surface area (Å²) in [4.78, 5) is 38.0. The average molecular weight is 414 g/mol. The van der Waals surface area contributed by atoms with E-state index >= 15 is 0 Å². The van der Waals surface area contributed by atoms with Crippen LogP contribution in [0.3, 0.4) is 0 Å². The number of aromatic nitrogens is 7. The molecule has 0 aromatic carbocycles. The summed E-state index contributed by atoms with van der Waals surface area (Å²) in [6, 6.07) is 1.06. The molecule has 0 spiro atoms. The summed E-state index contributed by atoms with van der Waals surface area (Å²) in [5.74, 6) is -2.06. The molecule has 0 saturated carbocycles. The molecule has 0 amide bonds. The molecule has 146 valence electrons. The van der Waals surface area contributed by atoms with E-state index in [1.807, 2.05) is 0 Å². The first-order chi connectivity index (χ1) is 14.0. The van der Waals surface area contributed by atoms with Gasteiger partial charge >= 0.3 is 5.97 Å². The first kappa shape index (κ1) is 17.4. The lowest BCUT2D eigenvalue weighted by Crippen LogP contribution is -2.48. The Morgan fingerprint density at radius 3 is 2.79 bits per heavy atom. The Balaban J connectivity index is 1.64. The van der Waals surface area contributed by atoms with Gasteiger partial charge in [-0.2, -0.15) is 9.47 Å². The number of carbonyl (C=O) groups is 1. The first-order valence-electron chi connectivity index (χ1n) is 8.38. The van der Waals surface area contributed by atoms with Crippen LogP contribution in [0, 0.1) is 5.82 Å². The van der Waals surface area contributed by atoms with Crippen molar-refractivity contribution in [1.82, 2.24) is 33.7 Å². The summed E-state index contributed by atoms with van der Waals surface area (Å²) in [5, 5.41) is 13.6. The number of rotatable bonds is 4. The highest BCUT2D eigenvalue weighted by Gasteiger charge is 2.32. The Bertz CT molecular complexity index is 1280. The summed E-state index contributed by atoms with van der Waals surface area (Å²) in [6.45, 7) is 0.935. The quantitative estimate of drug-likeness (QED) is 0.513. The first-order valence-corrected chi connectivity index (χ1v) is 9.15. The summed E-state index contributed by atoms with van der Waals surface area (Å²) in [5.41, 5.74) is -1.20. The number of nitrogens with zero attached hydrogens (tertiary/aromatic N) is 8. The molecule has 1 aliphatic heterocycles. The zero-order valence-electron chi connectivity index (χ0n) is 14.5. The van der Waals surface area contributed by atoms with Crippen LogP contribution in [0.4, 0.5) is 10.2 Å². The van der Waals surface area contributed by atoms with Gasteiger partial charge in [0.05, 0.1) is 11.4 Å². The lowest BCUT2D eigenvalue weighted by Gasteiger charge is -2.39. The Morgan fingerprint density at radius 2 is 2.14 bits per heavy atom. The van der Waals surface area contributed by atoms with Crippen molar-refractivity contribution >= 4 is 34.4 Å². The Kier molecular flexibility index (Phi) is 3.84. The largest absolute Gasteiger partial charge is 0.477 e. The number of carboxylic acid groups (broad SMARTS) is 1. The fourth-order valence-corrected chi connectivity index (χ4v) is 3.72. The van der Waals surface area contributed by atoms with Gasteiger partial charge in [-0.1, -0.05) is 0 Å². The van der Waals surface area contributed by atoms with Crippen LogP contribution < -0.4 is 10.3 Å². The molecule has 11 nitrogen and oxygen atoms in total. The van der Waals surface area contributed by atoms with Gasteiger partial charge in [0.25, 0.3) is 0 Å². The molecule has 0 unspecified atom stereocenters. The van der Waals surface area contributed by atoms with Gasteiger partial charge in [-0.3, -0.25) is 9.36 Å². The number of hydrogen-bond donors (Lipinski definition) is 1. The van der Waals surface area contributed by atoms with Crippen molar-refractivity contribution in [3.63, 3.8) is 0 Å². The maximum absolute atomic E-state index is 14.8. The number of pyridine rings is 2. The topological polar surface area (TPSA) is 132 Å². The van der Waals surface area contributed by atoms with Gasteiger partial charge in [0.1, 0.15) is 24.5 Å². The van der Waals surface area contributed by atoms with Crippen LogP contribution in [0.1, 0.15) is 16.4 Å². The number of anilines is 1. The fourth-order valence-electron chi connectivity index (χ4n) is 3.21. The van der Waals surface area contributed by atoms with Gasteiger partial charge in [0, 0.05) is 30.8 Å². The maximum atomic E-state index is 14.8. The molecule has 4 aromatic rings. The molecule has 0 radical (unpaired) electrons. The van der Waals surface area contributed by atoms with Gasteiger partial charge in [-0.05, 0) is 6.07 Å². The molecule has 0 bridgehead atoms. The van der Waals surface area contributed by atoms with E-state index in [2.05, 4.69) is 24.4 Å². The second-order valence-corrected chi connectivity index (χ2v) is 7.13. The van der Waals surface area contributed by atoms with Crippen molar-refractivity contribution in [2.45, 2.75) is 6.04 Å². The third-order valence-corrected chi connectivity index (χ3v) is 5.34. The molecule has 13 heteroatoms. The molecule has 5 rings (SSSR count).